The average Bonchev–Trinajstić information content (AvgIpc) is 3.79. The fourth-order valence-corrected chi connectivity index (χ4v) is 8.33. The molecule has 2 aliphatic carbocycles. The van der Waals surface area contributed by atoms with E-state index in [1.54, 1.807) is 0 Å². The molecule has 0 saturated carbocycles. The van der Waals surface area contributed by atoms with Crippen LogP contribution in [0.3, 0.4) is 0 Å². The van der Waals surface area contributed by atoms with Crippen molar-refractivity contribution in [3.63, 3.8) is 0 Å². The molecule has 0 bridgehead atoms. The number of allylic oxidation sites excluding steroid dienone is 3. The third-order valence-corrected chi connectivity index (χ3v) is 10.7. The van der Waals surface area contributed by atoms with Crippen molar-refractivity contribution in [3.05, 3.63) is 168 Å². The number of ether oxygens (including phenoxy) is 1. The number of para-hydroxylation sites is 2. The molecule has 2 atom stereocenters. The highest BCUT2D eigenvalue weighted by atomic mass is 16.5. The summed E-state index contributed by atoms with van der Waals surface area (Å²) >= 11 is 0. The van der Waals surface area contributed by atoms with Crippen LogP contribution in [-0.2, 0) is 6.42 Å². The maximum absolute atomic E-state index is 6.61. The highest BCUT2D eigenvalue weighted by Gasteiger charge is 2.37. The van der Waals surface area contributed by atoms with E-state index < -0.39 is 0 Å². The maximum atomic E-state index is 6.61. The number of hydrogen-bond donors (Lipinski definition) is 0. The van der Waals surface area contributed by atoms with Gasteiger partial charge in [0.05, 0.1) is 0 Å². The minimum Gasteiger partial charge on any atom is -0.485 e. The lowest BCUT2D eigenvalue weighted by Crippen LogP contribution is -2.17. The van der Waals surface area contributed by atoms with Crippen molar-refractivity contribution >= 4 is 44.4 Å². The summed E-state index contributed by atoms with van der Waals surface area (Å²) in [7, 11) is 0. The maximum Gasteiger partial charge on any atom is 0.164 e. The smallest absolute Gasteiger partial charge is 0.164 e. The van der Waals surface area contributed by atoms with Gasteiger partial charge >= 0.3 is 0 Å². The quantitative estimate of drug-likeness (QED) is 0.187. The summed E-state index contributed by atoms with van der Waals surface area (Å²) in [5.41, 5.74) is 10.6. The van der Waals surface area contributed by atoms with Gasteiger partial charge in [-0.15, -0.1) is 0 Å². The molecule has 2 unspecified atom stereocenters. The fourth-order valence-electron chi connectivity index (χ4n) is 8.33. The van der Waals surface area contributed by atoms with Gasteiger partial charge in [0, 0.05) is 44.5 Å². The molecule has 5 nitrogen and oxygen atoms in total. The lowest BCUT2D eigenvalue weighted by molar-refractivity contribution is 0.269. The van der Waals surface area contributed by atoms with Gasteiger partial charge in [0.15, 0.2) is 17.5 Å². The number of aromatic nitrogens is 3. The molecular weight excluding hydrogens is 639 g/mol. The predicted molar refractivity (Wildman–Crippen MR) is 209 cm³/mol. The van der Waals surface area contributed by atoms with Crippen molar-refractivity contribution < 1.29 is 9.15 Å². The molecule has 5 heteroatoms. The van der Waals surface area contributed by atoms with Crippen LogP contribution >= 0.6 is 0 Å². The summed E-state index contributed by atoms with van der Waals surface area (Å²) in [5, 5.41) is 4.59. The number of rotatable bonds is 4. The Kier molecular flexibility index (Phi) is 6.44. The van der Waals surface area contributed by atoms with Crippen molar-refractivity contribution in [2.75, 3.05) is 0 Å². The van der Waals surface area contributed by atoms with Gasteiger partial charge in [-0.25, -0.2) is 15.0 Å². The number of furan rings is 1. The van der Waals surface area contributed by atoms with Gasteiger partial charge in [0.2, 0.25) is 0 Å². The fraction of sp³-hybridized carbons (Fsp3) is 0.0851. The van der Waals surface area contributed by atoms with Gasteiger partial charge in [0.1, 0.15) is 23.0 Å². The highest BCUT2D eigenvalue weighted by Crippen LogP contribution is 2.48. The molecule has 52 heavy (non-hydrogen) atoms. The zero-order valence-corrected chi connectivity index (χ0v) is 28.2. The molecular formula is C47H31N3O2. The Morgan fingerprint density at radius 1 is 0.596 bits per heavy atom. The summed E-state index contributed by atoms with van der Waals surface area (Å²) in [6.07, 6.45) is 13.1. The van der Waals surface area contributed by atoms with E-state index in [9.17, 15) is 0 Å². The molecule has 0 spiro atoms. The zero-order valence-electron chi connectivity index (χ0n) is 28.2. The molecule has 0 saturated heterocycles. The third kappa shape index (κ3) is 4.52. The standard InChI is InChI=1S/C47H31N3O2/c1-2-12-28(13-3-1)45-48-46(50-47(49-45)38-26-29-14-4-5-15-31(29)33-16-6-7-17-34(33)38)37-21-11-23-42-43(37)39-27-30(24-25-41(39)51-42)32-19-10-20-36-35-18-8-9-22-40(35)52-44(32)36/h1-3,5-13,15-27,39,41H,4,14H2. The molecule has 3 heterocycles. The van der Waals surface area contributed by atoms with Gasteiger partial charge in [0.25, 0.3) is 0 Å². The van der Waals surface area contributed by atoms with Crippen LogP contribution in [0.2, 0.25) is 0 Å². The van der Waals surface area contributed by atoms with E-state index in [-0.39, 0.29) is 12.0 Å². The summed E-state index contributed by atoms with van der Waals surface area (Å²) in [4.78, 5) is 15.7. The van der Waals surface area contributed by atoms with Crippen LogP contribution < -0.4 is 4.74 Å². The van der Waals surface area contributed by atoms with Gasteiger partial charge in [-0.1, -0.05) is 127 Å². The number of aryl methyl sites for hydroxylation is 1. The Labute approximate surface area is 300 Å². The van der Waals surface area contributed by atoms with Crippen molar-refractivity contribution in [3.8, 4) is 39.9 Å². The van der Waals surface area contributed by atoms with Gasteiger partial charge in [-0.2, -0.15) is 0 Å². The highest BCUT2D eigenvalue weighted by molar-refractivity contribution is 6.09. The second kappa shape index (κ2) is 11.5. The van der Waals surface area contributed by atoms with E-state index in [1.807, 2.05) is 36.4 Å². The van der Waals surface area contributed by atoms with Crippen LogP contribution in [-0.4, -0.2) is 21.1 Å². The first-order valence-corrected chi connectivity index (χ1v) is 17.9. The summed E-state index contributed by atoms with van der Waals surface area (Å²) in [6, 6.07) is 42.0. The zero-order chi connectivity index (χ0) is 34.2. The molecule has 246 valence electrons. The normalized spacial score (nSPS) is 17.2. The largest absolute Gasteiger partial charge is 0.485 e. The van der Waals surface area contributed by atoms with Crippen molar-refractivity contribution in [2.24, 2.45) is 0 Å². The first kappa shape index (κ1) is 29.2. The number of fused-ring (bicyclic) bond motifs is 9. The molecule has 8 aromatic rings. The molecule has 2 aromatic heterocycles. The van der Waals surface area contributed by atoms with E-state index in [2.05, 4.69) is 115 Å². The lowest BCUT2D eigenvalue weighted by Gasteiger charge is -2.20. The van der Waals surface area contributed by atoms with E-state index in [0.29, 0.717) is 17.5 Å². The summed E-state index contributed by atoms with van der Waals surface area (Å²) < 4.78 is 13.1. The minimum absolute atomic E-state index is 0.0393. The van der Waals surface area contributed by atoms with Crippen molar-refractivity contribution in [1.82, 2.24) is 15.0 Å². The van der Waals surface area contributed by atoms with Crippen molar-refractivity contribution in [2.45, 2.75) is 24.9 Å². The van der Waals surface area contributed by atoms with Gasteiger partial charge in [-0.05, 0) is 64.6 Å². The second-order valence-electron chi connectivity index (χ2n) is 13.7. The molecule has 0 radical (unpaired) electrons. The molecule has 1 aliphatic heterocycles. The topological polar surface area (TPSA) is 61.0 Å². The van der Waals surface area contributed by atoms with Crippen LogP contribution in [0.5, 0.6) is 5.75 Å². The molecule has 0 fully saturated rings. The Morgan fingerprint density at radius 2 is 1.33 bits per heavy atom. The molecule has 3 aliphatic rings. The molecule has 0 amide bonds. The lowest BCUT2D eigenvalue weighted by atomic mass is 9.84. The number of nitrogens with zero attached hydrogens (tertiary/aromatic N) is 3. The van der Waals surface area contributed by atoms with E-state index in [0.717, 1.165) is 79.3 Å². The summed E-state index contributed by atoms with van der Waals surface area (Å²) in [5.74, 6) is 2.76. The Bertz CT molecular complexity index is 2850. The average molecular weight is 670 g/mol. The third-order valence-electron chi connectivity index (χ3n) is 10.7. The monoisotopic (exact) mass is 669 g/mol. The minimum atomic E-state index is -0.137. The van der Waals surface area contributed by atoms with Crippen LogP contribution in [0.4, 0.5) is 0 Å². The van der Waals surface area contributed by atoms with Crippen LogP contribution in [0.1, 0.15) is 34.6 Å². The van der Waals surface area contributed by atoms with Crippen LogP contribution in [0.15, 0.2) is 150 Å². The van der Waals surface area contributed by atoms with Gasteiger partial charge < -0.3 is 9.15 Å². The Balaban J connectivity index is 1.10. The second-order valence-corrected chi connectivity index (χ2v) is 13.7. The van der Waals surface area contributed by atoms with E-state index >= 15 is 0 Å². The molecule has 6 aromatic carbocycles. The van der Waals surface area contributed by atoms with E-state index in [1.165, 1.54) is 16.5 Å². The summed E-state index contributed by atoms with van der Waals surface area (Å²) in [6.45, 7) is 0. The number of hydrogen-bond acceptors (Lipinski definition) is 5. The predicted octanol–water partition coefficient (Wildman–Crippen LogP) is 11.4. The first-order valence-electron chi connectivity index (χ1n) is 17.9. The number of benzene rings is 6. The Morgan fingerprint density at radius 3 is 2.23 bits per heavy atom. The molecule has 0 N–H and O–H groups in total. The van der Waals surface area contributed by atoms with Gasteiger partial charge in [-0.3, -0.25) is 0 Å². The first-order chi connectivity index (χ1) is 25.8. The van der Waals surface area contributed by atoms with E-state index in [4.69, 9.17) is 24.1 Å². The van der Waals surface area contributed by atoms with Crippen LogP contribution in [0.25, 0.3) is 78.5 Å². The Hall–Kier alpha value is -6.59. The SMILES string of the molecule is C1=Cc2c(cc(-c3nc(-c4ccccc4)nc(-c4cccc5c4C4C=C(c6cccc7c6oc6ccccc67)C=CC4O5)n3)c3ccccc23)CC1. The molecule has 11 rings (SSSR count). The van der Waals surface area contributed by atoms with Crippen LogP contribution in [0, 0.1) is 0 Å². The van der Waals surface area contributed by atoms with Crippen molar-refractivity contribution in [1.29, 1.82) is 0 Å².